The summed E-state index contributed by atoms with van der Waals surface area (Å²) in [7, 11) is 0. The highest BCUT2D eigenvalue weighted by Gasteiger charge is 2.11. The van der Waals surface area contributed by atoms with Gasteiger partial charge in [-0.05, 0) is 43.2 Å². The first kappa shape index (κ1) is 16.0. The molecular formula is C17H20N2O3. The Morgan fingerprint density at radius 1 is 1.23 bits per heavy atom. The fourth-order valence-electron chi connectivity index (χ4n) is 1.98. The van der Waals surface area contributed by atoms with Crippen molar-refractivity contribution in [2.45, 2.75) is 26.3 Å². The van der Waals surface area contributed by atoms with Crippen molar-refractivity contribution in [2.75, 3.05) is 6.54 Å². The lowest BCUT2D eigenvalue weighted by atomic mass is 10.1. The summed E-state index contributed by atoms with van der Waals surface area (Å²) in [5.74, 6) is -0.0512. The van der Waals surface area contributed by atoms with Crippen LogP contribution in [0.3, 0.4) is 0 Å². The van der Waals surface area contributed by atoms with E-state index in [0.29, 0.717) is 25.9 Å². The molecule has 0 spiro atoms. The minimum atomic E-state index is -0.272. The summed E-state index contributed by atoms with van der Waals surface area (Å²) >= 11 is 0. The van der Waals surface area contributed by atoms with Gasteiger partial charge in [0.15, 0.2) is 0 Å². The van der Waals surface area contributed by atoms with Crippen LogP contribution < -0.4 is 0 Å². The molecule has 0 radical (unpaired) electrons. The largest absolute Gasteiger partial charge is 0.508 e. The van der Waals surface area contributed by atoms with Crippen molar-refractivity contribution in [3.8, 4) is 5.75 Å². The maximum atomic E-state index is 11.9. The van der Waals surface area contributed by atoms with Crippen molar-refractivity contribution >= 4 is 5.97 Å². The number of phenolic OH excluding ortho intramolecular Hbond substituents is 1. The average Bonchev–Trinajstić information content (AvgIpc) is 2.54. The molecule has 0 fully saturated rings. The quantitative estimate of drug-likeness (QED) is 0.797. The van der Waals surface area contributed by atoms with Gasteiger partial charge in [0.25, 0.3) is 0 Å². The van der Waals surface area contributed by atoms with E-state index in [1.807, 2.05) is 25.1 Å². The van der Waals surface area contributed by atoms with Crippen LogP contribution in [0.2, 0.25) is 0 Å². The first-order chi connectivity index (χ1) is 10.7. The first-order valence-corrected chi connectivity index (χ1v) is 7.31. The Morgan fingerprint density at radius 2 is 2.00 bits per heavy atom. The highest BCUT2D eigenvalue weighted by atomic mass is 16.7. The van der Waals surface area contributed by atoms with Gasteiger partial charge in [0.05, 0.1) is 18.7 Å². The number of carbonyl (C=O) groups is 1. The molecule has 1 aromatic carbocycles. The Kier molecular flexibility index (Phi) is 5.91. The minimum absolute atomic E-state index is 0.221. The van der Waals surface area contributed by atoms with Gasteiger partial charge in [-0.25, -0.2) is 0 Å². The smallest absolute Gasteiger partial charge is 0.325 e. The van der Waals surface area contributed by atoms with Gasteiger partial charge in [0.1, 0.15) is 5.75 Å². The second kappa shape index (κ2) is 8.14. The molecule has 0 saturated heterocycles. The van der Waals surface area contributed by atoms with Crippen molar-refractivity contribution in [2.24, 2.45) is 0 Å². The van der Waals surface area contributed by atoms with Crippen LogP contribution in [0.5, 0.6) is 5.75 Å². The number of rotatable bonds is 7. The summed E-state index contributed by atoms with van der Waals surface area (Å²) in [4.78, 5) is 21.5. The zero-order valence-electron chi connectivity index (χ0n) is 12.6. The maximum Gasteiger partial charge on any atom is 0.325 e. The lowest BCUT2D eigenvalue weighted by Crippen LogP contribution is -2.27. The molecule has 0 aliphatic rings. The summed E-state index contributed by atoms with van der Waals surface area (Å²) in [5, 5.41) is 10.8. The van der Waals surface area contributed by atoms with E-state index in [4.69, 9.17) is 4.84 Å². The molecule has 2 rings (SSSR count). The van der Waals surface area contributed by atoms with Gasteiger partial charge in [-0.2, -0.15) is 0 Å². The third-order valence-electron chi connectivity index (χ3n) is 3.20. The minimum Gasteiger partial charge on any atom is -0.508 e. The number of hydrogen-bond donors (Lipinski definition) is 1. The number of carbonyl (C=O) groups excluding carboxylic acids is 1. The van der Waals surface area contributed by atoms with Crippen molar-refractivity contribution in [3.63, 3.8) is 0 Å². The van der Waals surface area contributed by atoms with Gasteiger partial charge in [-0.15, -0.1) is 5.06 Å². The maximum absolute atomic E-state index is 11.9. The lowest BCUT2D eigenvalue weighted by molar-refractivity contribution is -0.192. The van der Waals surface area contributed by atoms with Crippen LogP contribution in [-0.2, 0) is 22.6 Å². The Morgan fingerprint density at radius 3 is 2.64 bits per heavy atom. The van der Waals surface area contributed by atoms with E-state index in [-0.39, 0.29) is 11.7 Å². The number of pyridine rings is 1. The van der Waals surface area contributed by atoms with Crippen molar-refractivity contribution in [1.29, 1.82) is 0 Å². The van der Waals surface area contributed by atoms with E-state index >= 15 is 0 Å². The average molecular weight is 300 g/mol. The predicted molar refractivity (Wildman–Crippen MR) is 82.8 cm³/mol. The van der Waals surface area contributed by atoms with Gasteiger partial charge in [-0.1, -0.05) is 18.2 Å². The van der Waals surface area contributed by atoms with E-state index in [1.54, 1.807) is 35.5 Å². The van der Waals surface area contributed by atoms with Crippen LogP contribution in [0.1, 0.15) is 24.6 Å². The molecular weight excluding hydrogens is 280 g/mol. The second-order valence-corrected chi connectivity index (χ2v) is 4.91. The number of aromatic hydroxyl groups is 1. The Labute approximate surface area is 130 Å². The van der Waals surface area contributed by atoms with Gasteiger partial charge in [0.2, 0.25) is 0 Å². The molecule has 0 saturated carbocycles. The van der Waals surface area contributed by atoms with Crippen LogP contribution in [0, 0.1) is 0 Å². The Hall–Kier alpha value is -2.40. The molecule has 0 unspecified atom stereocenters. The lowest BCUT2D eigenvalue weighted by Gasteiger charge is -2.19. The standard InChI is InChI=1S/C17H20N2O3/c1-2-19(13-15-5-3-4-12-18-15)22-17(21)11-8-14-6-9-16(20)10-7-14/h3-7,9-10,12,20H,2,8,11,13H2,1H3. The summed E-state index contributed by atoms with van der Waals surface area (Å²) in [6.07, 6.45) is 2.60. The highest BCUT2D eigenvalue weighted by Crippen LogP contribution is 2.12. The second-order valence-electron chi connectivity index (χ2n) is 4.91. The summed E-state index contributed by atoms with van der Waals surface area (Å²) in [6.45, 7) is 3.00. The monoisotopic (exact) mass is 300 g/mol. The van der Waals surface area contributed by atoms with E-state index in [1.165, 1.54) is 0 Å². The fourth-order valence-corrected chi connectivity index (χ4v) is 1.98. The summed E-state index contributed by atoms with van der Waals surface area (Å²) in [5.41, 5.74) is 1.85. The first-order valence-electron chi connectivity index (χ1n) is 7.31. The highest BCUT2D eigenvalue weighted by molar-refractivity contribution is 5.69. The molecule has 2 aromatic rings. The van der Waals surface area contributed by atoms with E-state index < -0.39 is 0 Å². The number of phenols is 1. The predicted octanol–water partition coefficient (Wildman–Crippen LogP) is 2.70. The third-order valence-corrected chi connectivity index (χ3v) is 3.20. The van der Waals surface area contributed by atoms with Crippen LogP contribution in [0.25, 0.3) is 0 Å². The Balaban J connectivity index is 1.80. The van der Waals surface area contributed by atoms with E-state index in [9.17, 15) is 9.90 Å². The SMILES string of the molecule is CCN(Cc1ccccn1)OC(=O)CCc1ccc(O)cc1. The van der Waals surface area contributed by atoms with Crippen molar-refractivity contribution in [1.82, 2.24) is 10.0 Å². The molecule has 5 heteroatoms. The molecule has 0 aliphatic carbocycles. The molecule has 0 atom stereocenters. The molecule has 1 aromatic heterocycles. The van der Waals surface area contributed by atoms with Gasteiger partial charge < -0.3 is 9.94 Å². The van der Waals surface area contributed by atoms with Crippen molar-refractivity contribution < 1.29 is 14.7 Å². The van der Waals surface area contributed by atoms with Crippen LogP contribution >= 0.6 is 0 Å². The topological polar surface area (TPSA) is 62.7 Å². The molecule has 1 N–H and O–H groups in total. The van der Waals surface area contributed by atoms with E-state index in [2.05, 4.69) is 4.98 Å². The number of aryl methyl sites for hydroxylation is 1. The number of benzene rings is 1. The van der Waals surface area contributed by atoms with Gasteiger partial charge in [-0.3, -0.25) is 9.78 Å². The zero-order valence-corrected chi connectivity index (χ0v) is 12.6. The number of aromatic nitrogens is 1. The number of hydroxylamine groups is 2. The van der Waals surface area contributed by atoms with Gasteiger partial charge >= 0.3 is 5.97 Å². The number of nitrogens with zero attached hydrogens (tertiary/aromatic N) is 2. The molecule has 1 heterocycles. The normalized spacial score (nSPS) is 10.6. The molecule has 22 heavy (non-hydrogen) atoms. The molecule has 0 aliphatic heterocycles. The van der Waals surface area contributed by atoms with Crippen molar-refractivity contribution in [3.05, 3.63) is 59.9 Å². The number of hydrogen-bond acceptors (Lipinski definition) is 5. The zero-order chi connectivity index (χ0) is 15.8. The molecule has 116 valence electrons. The fraction of sp³-hybridized carbons (Fsp3) is 0.294. The van der Waals surface area contributed by atoms with E-state index in [0.717, 1.165) is 11.3 Å². The summed E-state index contributed by atoms with van der Waals surface area (Å²) in [6, 6.07) is 12.5. The summed E-state index contributed by atoms with van der Waals surface area (Å²) < 4.78 is 0. The molecule has 0 bridgehead atoms. The van der Waals surface area contributed by atoms with Crippen LogP contribution in [-0.4, -0.2) is 27.7 Å². The van der Waals surface area contributed by atoms with Crippen LogP contribution in [0.15, 0.2) is 48.7 Å². The van der Waals surface area contributed by atoms with Gasteiger partial charge in [0, 0.05) is 12.7 Å². The third kappa shape index (κ3) is 5.18. The van der Waals surface area contributed by atoms with Crippen LogP contribution in [0.4, 0.5) is 0 Å². The molecule has 0 amide bonds. The Bertz CT molecular complexity index is 585. The molecule has 5 nitrogen and oxygen atoms in total.